The van der Waals surface area contributed by atoms with E-state index in [0.29, 0.717) is 0 Å². The van der Waals surface area contributed by atoms with E-state index in [1.807, 2.05) is 0 Å². The molecule has 44 valence electrons. The lowest BCUT2D eigenvalue weighted by atomic mass is 11.8. The van der Waals surface area contributed by atoms with Gasteiger partial charge in [0.15, 0.2) is 0 Å². The van der Waals surface area contributed by atoms with Crippen molar-refractivity contribution >= 4 is 10.4 Å². The second-order valence-electron chi connectivity index (χ2n) is 0.742. The monoisotopic (exact) mass is 127 g/mol. The van der Waals surface area contributed by atoms with Crippen molar-refractivity contribution in [3.63, 3.8) is 0 Å². The van der Waals surface area contributed by atoms with Crippen LogP contribution in [0.5, 0.6) is 0 Å². The lowest BCUT2D eigenvalue weighted by Gasteiger charge is -1.91. The molecule has 0 amide bonds. The SMILES string of the molecule is COS(=O)(=O)O[13CH3]. The van der Waals surface area contributed by atoms with Crippen molar-refractivity contribution in [2.45, 2.75) is 0 Å². The van der Waals surface area contributed by atoms with E-state index in [2.05, 4.69) is 8.37 Å². The van der Waals surface area contributed by atoms with Crippen LogP contribution >= 0.6 is 0 Å². The van der Waals surface area contributed by atoms with E-state index in [-0.39, 0.29) is 0 Å². The van der Waals surface area contributed by atoms with Crippen LogP contribution in [0.3, 0.4) is 0 Å². The summed E-state index contributed by atoms with van der Waals surface area (Å²) >= 11 is 0. The lowest BCUT2D eigenvalue weighted by Crippen LogP contribution is -2.02. The highest BCUT2D eigenvalue weighted by Gasteiger charge is 2.01. The van der Waals surface area contributed by atoms with Crippen LogP contribution in [-0.2, 0) is 18.8 Å². The van der Waals surface area contributed by atoms with E-state index < -0.39 is 10.4 Å². The summed E-state index contributed by atoms with van der Waals surface area (Å²) in [6, 6.07) is 0. The van der Waals surface area contributed by atoms with Gasteiger partial charge in [-0.2, -0.15) is 8.42 Å². The molecule has 0 aromatic heterocycles. The molecule has 5 heteroatoms. The third-order valence-electron chi connectivity index (χ3n) is 0.408. The molecule has 7 heavy (non-hydrogen) atoms. The van der Waals surface area contributed by atoms with Gasteiger partial charge in [-0.3, -0.25) is 8.37 Å². The molecule has 0 saturated carbocycles. The van der Waals surface area contributed by atoms with Crippen LogP contribution in [0.25, 0.3) is 0 Å². The molecule has 0 bridgehead atoms. The molecule has 4 nitrogen and oxygen atoms in total. The Morgan fingerprint density at radius 3 is 1.43 bits per heavy atom. The number of rotatable bonds is 2. The highest BCUT2D eigenvalue weighted by molar-refractivity contribution is 7.81. The molecule has 0 aromatic carbocycles. The molecule has 0 N–H and O–H groups in total. The molecule has 0 atom stereocenters. The van der Waals surface area contributed by atoms with E-state index in [4.69, 9.17) is 0 Å². The fourth-order valence-corrected chi connectivity index (χ4v) is 0.204. The Morgan fingerprint density at radius 1 is 1.14 bits per heavy atom. The summed E-state index contributed by atoms with van der Waals surface area (Å²) in [5, 5.41) is 0. The first kappa shape index (κ1) is 6.87. The predicted octanol–water partition coefficient (Wildman–Crippen LogP) is -0.476. The summed E-state index contributed by atoms with van der Waals surface area (Å²) in [5.41, 5.74) is 0. The molecule has 0 aromatic rings. The topological polar surface area (TPSA) is 52.6 Å². The van der Waals surface area contributed by atoms with Crippen LogP contribution in [0.4, 0.5) is 0 Å². The van der Waals surface area contributed by atoms with Crippen LogP contribution in [0.15, 0.2) is 0 Å². The first-order valence-corrected chi connectivity index (χ1v) is 2.82. The zero-order valence-corrected chi connectivity index (χ0v) is 4.86. The molecule has 0 rings (SSSR count). The molecule has 0 aliphatic heterocycles. The Hall–Kier alpha value is -0.130. The van der Waals surface area contributed by atoms with Gasteiger partial charge in [-0.15, -0.1) is 0 Å². The van der Waals surface area contributed by atoms with Gasteiger partial charge in [0.1, 0.15) is 0 Å². The number of hydrogen-bond acceptors (Lipinski definition) is 4. The van der Waals surface area contributed by atoms with Crippen molar-refractivity contribution in [2.24, 2.45) is 0 Å². The fourth-order valence-electron chi connectivity index (χ4n) is 0.0680. The second kappa shape index (κ2) is 2.25. The fraction of sp³-hybridized carbons (Fsp3) is 1.00. The molecule has 0 radical (unpaired) electrons. The van der Waals surface area contributed by atoms with Gasteiger partial charge in [0.05, 0.1) is 14.2 Å². The summed E-state index contributed by atoms with van der Waals surface area (Å²) in [6.45, 7) is 0. The molecular weight excluding hydrogens is 121 g/mol. The van der Waals surface area contributed by atoms with Crippen molar-refractivity contribution in [1.29, 1.82) is 0 Å². The lowest BCUT2D eigenvalue weighted by molar-refractivity contribution is 0.286. The van der Waals surface area contributed by atoms with Crippen LogP contribution < -0.4 is 0 Å². The Morgan fingerprint density at radius 2 is 1.43 bits per heavy atom. The average Bonchev–Trinajstić information content (AvgIpc) is 1.68. The Kier molecular flexibility index (Phi) is 2.21. The van der Waals surface area contributed by atoms with E-state index >= 15 is 0 Å². The van der Waals surface area contributed by atoms with Crippen molar-refractivity contribution in [3.8, 4) is 0 Å². The third kappa shape index (κ3) is 2.55. The van der Waals surface area contributed by atoms with Crippen LogP contribution in [0.1, 0.15) is 0 Å². The van der Waals surface area contributed by atoms with Gasteiger partial charge in [0.25, 0.3) is 0 Å². The minimum Gasteiger partial charge on any atom is -0.252 e. The van der Waals surface area contributed by atoms with Gasteiger partial charge in [0.2, 0.25) is 0 Å². The molecule has 0 fully saturated rings. The van der Waals surface area contributed by atoms with Gasteiger partial charge >= 0.3 is 10.4 Å². The van der Waals surface area contributed by atoms with Crippen LogP contribution in [0, 0.1) is 0 Å². The molecule has 0 aliphatic carbocycles. The smallest absolute Gasteiger partial charge is 0.252 e. The molecule has 0 unspecified atom stereocenters. The Labute approximate surface area is 42.4 Å². The van der Waals surface area contributed by atoms with E-state index in [1.54, 1.807) is 0 Å². The molecule has 0 heterocycles. The van der Waals surface area contributed by atoms with E-state index in [9.17, 15) is 8.42 Å². The summed E-state index contributed by atoms with van der Waals surface area (Å²) in [6.07, 6.45) is 0. The van der Waals surface area contributed by atoms with Gasteiger partial charge in [-0.1, -0.05) is 0 Å². The van der Waals surface area contributed by atoms with Crippen molar-refractivity contribution < 1.29 is 16.8 Å². The van der Waals surface area contributed by atoms with Gasteiger partial charge in [-0.25, -0.2) is 0 Å². The van der Waals surface area contributed by atoms with E-state index in [0.717, 1.165) is 14.2 Å². The largest absolute Gasteiger partial charge is 0.399 e. The first-order chi connectivity index (χ1) is 3.12. The zero-order valence-electron chi connectivity index (χ0n) is 4.04. The molecular formula is C2H6O4S. The summed E-state index contributed by atoms with van der Waals surface area (Å²) < 4.78 is 27.5. The molecule has 0 saturated heterocycles. The van der Waals surface area contributed by atoms with Crippen molar-refractivity contribution in [2.75, 3.05) is 14.2 Å². The minimum atomic E-state index is -3.66. The average molecular weight is 127 g/mol. The van der Waals surface area contributed by atoms with Gasteiger partial charge in [0, 0.05) is 0 Å². The maximum Gasteiger partial charge on any atom is 0.399 e. The van der Waals surface area contributed by atoms with Crippen LogP contribution in [0.2, 0.25) is 0 Å². The zero-order chi connectivity index (χ0) is 5.91. The van der Waals surface area contributed by atoms with Crippen LogP contribution in [-0.4, -0.2) is 22.6 Å². The van der Waals surface area contributed by atoms with E-state index in [1.165, 1.54) is 0 Å². The van der Waals surface area contributed by atoms with Crippen molar-refractivity contribution in [3.05, 3.63) is 0 Å². The predicted molar refractivity (Wildman–Crippen MR) is 22.9 cm³/mol. The second-order valence-corrected chi connectivity index (χ2v) is 2.22. The summed E-state index contributed by atoms with van der Waals surface area (Å²) in [7, 11) is -1.60. The Balaban J connectivity index is 3.89. The Bertz CT molecular complexity index is 113. The summed E-state index contributed by atoms with van der Waals surface area (Å²) in [5.74, 6) is 0. The first-order valence-electron chi connectivity index (χ1n) is 1.48. The van der Waals surface area contributed by atoms with Gasteiger partial charge < -0.3 is 0 Å². The highest BCUT2D eigenvalue weighted by atomic mass is 32.3. The summed E-state index contributed by atoms with van der Waals surface area (Å²) in [4.78, 5) is 0. The van der Waals surface area contributed by atoms with Gasteiger partial charge in [-0.05, 0) is 0 Å². The normalized spacial score (nSPS) is 11.7. The third-order valence-corrected chi connectivity index (χ3v) is 1.22. The standard InChI is InChI=1S/C2H6O4S/c1-5-7(3,4)6-2/h1-2H3/i1+1. The maximum absolute atomic E-state index is 9.92. The van der Waals surface area contributed by atoms with Crippen molar-refractivity contribution in [1.82, 2.24) is 0 Å². The quantitative estimate of drug-likeness (QED) is 0.470. The maximum atomic E-state index is 9.92. The minimum absolute atomic E-state index is 1.03. The molecule has 0 aliphatic rings. The number of hydrogen-bond donors (Lipinski definition) is 0. The molecule has 0 spiro atoms. The highest BCUT2D eigenvalue weighted by Crippen LogP contribution is 1.85.